The van der Waals surface area contributed by atoms with Crippen molar-refractivity contribution in [2.24, 2.45) is 0 Å². The van der Waals surface area contributed by atoms with Gasteiger partial charge >= 0.3 is 11.9 Å². The number of methoxy groups -OCH3 is 2. The predicted molar refractivity (Wildman–Crippen MR) is 113 cm³/mol. The van der Waals surface area contributed by atoms with E-state index >= 15 is 0 Å². The van der Waals surface area contributed by atoms with Crippen LogP contribution in [0.1, 0.15) is 18.1 Å². The molecule has 1 aliphatic rings. The molecule has 0 aliphatic carbocycles. The van der Waals surface area contributed by atoms with Gasteiger partial charge in [0.25, 0.3) is 0 Å². The molecular weight excluding hydrogens is 368 g/mol. The van der Waals surface area contributed by atoms with Crippen LogP contribution in [-0.4, -0.2) is 39.4 Å². The summed E-state index contributed by atoms with van der Waals surface area (Å²) in [5, 5.41) is 0. The van der Waals surface area contributed by atoms with Crippen molar-refractivity contribution < 1.29 is 19.1 Å². The Balaban J connectivity index is 2.10. The number of hydrogen-bond donors (Lipinski definition) is 0. The Morgan fingerprint density at radius 2 is 1.48 bits per heavy atom. The molecule has 0 spiro atoms. The van der Waals surface area contributed by atoms with Crippen molar-refractivity contribution in [3.05, 3.63) is 70.9 Å². The highest BCUT2D eigenvalue weighted by Crippen LogP contribution is 2.30. The van der Waals surface area contributed by atoms with E-state index in [0.717, 1.165) is 23.4 Å². The molecule has 0 amide bonds. The van der Waals surface area contributed by atoms with Gasteiger partial charge in [-0.05, 0) is 43.2 Å². The van der Waals surface area contributed by atoms with Gasteiger partial charge < -0.3 is 19.3 Å². The maximum atomic E-state index is 12.6. The number of rotatable bonds is 5. The Labute approximate surface area is 171 Å². The van der Waals surface area contributed by atoms with Gasteiger partial charge in [0.2, 0.25) is 0 Å². The van der Waals surface area contributed by atoms with E-state index in [1.807, 2.05) is 48.2 Å². The first-order valence-electron chi connectivity index (χ1n) is 9.56. The molecular formula is C23H26N2O4. The number of aryl methyl sites for hydroxylation is 2. The van der Waals surface area contributed by atoms with Crippen molar-refractivity contribution in [1.82, 2.24) is 0 Å². The zero-order valence-corrected chi connectivity index (χ0v) is 17.3. The standard InChI is InChI=1S/C23H26N2O4/c1-5-17-8-12-18(13-9-17)24-14-20(22(26)28-3)21(23(27)29-4)25(15-24)19-10-6-16(2)7-11-19/h6-13H,5,14-15H2,1-4H3. The molecule has 6 heteroatoms. The Morgan fingerprint density at radius 3 is 2.03 bits per heavy atom. The topological polar surface area (TPSA) is 59.1 Å². The first-order valence-corrected chi connectivity index (χ1v) is 9.56. The fourth-order valence-electron chi connectivity index (χ4n) is 3.39. The van der Waals surface area contributed by atoms with Gasteiger partial charge in [0.05, 0.1) is 33.0 Å². The molecule has 0 unspecified atom stereocenters. The highest BCUT2D eigenvalue weighted by atomic mass is 16.5. The lowest BCUT2D eigenvalue weighted by atomic mass is 10.1. The number of nitrogens with zero attached hydrogens (tertiary/aromatic N) is 2. The molecule has 0 atom stereocenters. The lowest BCUT2D eigenvalue weighted by Crippen LogP contribution is -2.48. The second-order valence-electron chi connectivity index (χ2n) is 6.93. The normalized spacial score (nSPS) is 14.1. The lowest BCUT2D eigenvalue weighted by Gasteiger charge is -2.39. The number of carbonyl (C=O) groups excluding carboxylic acids is 2. The third-order valence-electron chi connectivity index (χ3n) is 5.08. The molecule has 0 saturated carbocycles. The fraction of sp³-hybridized carbons (Fsp3) is 0.304. The van der Waals surface area contributed by atoms with E-state index in [2.05, 4.69) is 19.1 Å². The molecule has 6 nitrogen and oxygen atoms in total. The molecule has 3 rings (SSSR count). The number of benzene rings is 2. The summed E-state index contributed by atoms with van der Waals surface area (Å²) >= 11 is 0. The van der Waals surface area contributed by atoms with E-state index in [0.29, 0.717) is 6.67 Å². The third kappa shape index (κ3) is 4.26. The summed E-state index contributed by atoms with van der Waals surface area (Å²) in [5.74, 6) is -1.11. The van der Waals surface area contributed by atoms with Crippen LogP contribution in [0.15, 0.2) is 59.8 Å². The predicted octanol–water partition coefficient (Wildman–Crippen LogP) is 3.44. The number of hydrogen-bond acceptors (Lipinski definition) is 6. The lowest BCUT2D eigenvalue weighted by molar-refractivity contribution is -0.139. The molecule has 0 aromatic heterocycles. The van der Waals surface area contributed by atoms with Crippen molar-refractivity contribution in [3.63, 3.8) is 0 Å². The Morgan fingerprint density at radius 1 is 0.897 bits per heavy atom. The van der Waals surface area contributed by atoms with Gasteiger partial charge in [-0.15, -0.1) is 0 Å². The Kier molecular flexibility index (Phi) is 6.22. The SMILES string of the molecule is CCc1ccc(N2CC(C(=O)OC)=C(C(=O)OC)N(c3ccc(C)cc3)C2)cc1. The van der Waals surface area contributed by atoms with Crippen molar-refractivity contribution in [3.8, 4) is 0 Å². The molecule has 1 aliphatic heterocycles. The Hall–Kier alpha value is -3.28. The van der Waals surface area contributed by atoms with Gasteiger partial charge in [0.15, 0.2) is 0 Å². The average Bonchev–Trinajstić information content (AvgIpc) is 2.77. The van der Waals surface area contributed by atoms with Gasteiger partial charge in [-0.3, -0.25) is 0 Å². The maximum Gasteiger partial charge on any atom is 0.355 e. The van der Waals surface area contributed by atoms with Gasteiger partial charge in [0.1, 0.15) is 5.70 Å². The van der Waals surface area contributed by atoms with E-state index in [-0.39, 0.29) is 17.8 Å². The molecule has 0 bridgehead atoms. The van der Waals surface area contributed by atoms with Crippen LogP contribution in [0.2, 0.25) is 0 Å². The molecule has 0 radical (unpaired) electrons. The van der Waals surface area contributed by atoms with Crippen LogP contribution in [-0.2, 0) is 25.5 Å². The van der Waals surface area contributed by atoms with Gasteiger partial charge in [-0.25, -0.2) is 9.59 Å². The van der Waals surface area contributed by atoms with Crippen LogP contribution in [0.5, 0.6) is 0 Å². The summed E-state index contributed by atoms with van der Waals surface area (Å²) in [7, 11) is 2.63. The Bertz CT molecular complexity index is 917. The average molecular weight is 394 g/mol. The minimum Gasteiger partial charge on any atom is -0.466 e. The van der Waals surface area contributed by atoms with Crippen LogP contribution in [0.3, 0.4) is 0 Å². The summed E-state index contributed by atoms with van der Waals surface area (Å²) in [6.07, 6.45) is 0.954. The molecule has 152 valence electrons. The summed E-state index contributed by atoms with van der Waals surface area (Å²) in [6, 6.07) is 16.0. The summed E-state index contributed by atoms with van der Waals surface area (Å²) < 4.78 is 9.98. The zero-order chi connectivity index (χ0) is 21.0. The number of carbonyl (C=O) groups is 2. The largest absolute Gasteiger partial charge is 0.466 e. The minimum atomic E-state index is -0.563. The minimum absolute atomic E-state index is 0.213. The molecule has 2 aromatic carbocycles. The molecule has 29 heavy (non-hydrogen) atoms. The molecule has 0 fully saturated rings. The van der Waals surface area contributed by atoms with E-state index in [9.17, 15) is 9.59 Å². The number of esters is 2. The van der Waals surface area contributed by atoms with E-state index in [4.69, 9.17) is 9.47 Å². The van der Waals surface area contributed by atoms with E-state index < -0.39 is 11.9 Å². The van der Waals surface area contributed by atoms with Gasteiger partial charge in [-0.2, -0.15) is 0 Å². The van der Waals surface area contributed by atoms with E-state index in [1.165, 1.54) is 19.8 Å². The monoisotopic (exact) mass is 394 g/mol. The highest BCUT2D eigenvalue weighted by molar-refractivity contribution is 6.04. The first kappa shape index (κ1) is 20.5. The quantitative estimate of drug-likeness (QED) is 0.724. The van der Waals surface area contributed by atoms with Crippen LogP contribution < -0.4 is 9.80 Å². The van der Waals surface area contributed by atoms with Crippen molar-refractivity contribution in [1.29, 1.82) is 0 Å². The van der Waals surface area contributed by atoms with Crippen LogP contribution in [0, 0.1) is 6.92 Å². The second kappa shape index (κ2) is 8.82. The molecule has 2 aromatic rings. The third-order valence-corrected chi connectivity index (χ3v) is 5.08. The molecule has 0 saturated heterocycles. The smallest absolute Gasteiger partial charge is 0.355 e. The van der Waals surface area contributed by atoms with Crippen molar-refractivity contribution >= 4 is 23.3 Å². The maximum absolute atomic E-state index is 12.6. The summed E-state index contributed by atoms with van der Waals surface area (Å²) in [6.45, 7) is 4.76. The van der Waals surface area contributed by atoms with Crippen molar-refractivity contribution in [2.45, 2.75) is 20.3 Å². The number of ether oxygens (including phenoxy) is 2. The van der Waals surface area contributed by atoms with Gasteiger partial charge in [-0.1, -0.05) is 36.8 Å². The van der Waals surface area contributed by atoms with Crippen LogP contribution in [0.25, 0.3) is 0 Å². The van der Waals surface area contributed by atoms with E-state index in [1.54, 1.807) is 4.90 Å². The number of anilines is 2. The van der Waals surface area contributed by atoms with Crippen LogP contribution >= 0.6 is 0 Å². The zero-order valence-electron chi connectivity index (χ0n) is 17.3. The van der Waals surface area contributed by atoms with Crippen LogP contribution in [0.4, 0.5) is 11.4 Å². The molecule has 0 N–H and O–H groups in total. The van der Waals surface area contributed by atoms with Crippen molar-refractivity contribution in [2.75, 3.05) is 37.2 Å². The first-order chi connectivity index (χ1) is 14.0. The summed E-state index contributed by atoms with van der Waals surface area (Å²) in [4.78, 5) is 29.0. The highest BCUT2D eigenvalue weighted by Gasteiger charge is 2.35. The second-order valence-corrected chi connectivity index (χ2v) is 6.93. The van der Waals surface area contributed by atoms with Gasteiger partial charge in [0, 0.05) is 11.4 Å². The molecule has 1 heterocycles. The fourth-order valence-corrected chi connectivity index (χ4v) is 3.39. The summed E-state index contributed by atoms with van der Waals surface area (Å²) in [5.41, 5.74) is 4.59.